The standard InChI is InChI=1S/C11H16BrNOS/c12-10-5-4-6-11(9-10)15(14)8-3-1-2-7-13/h4-6,9H,1-3,7-8,13H2. The molecular formula is C11H16BrNOS. The first-order valence-corrected chi connectivity index (χ1v) is 7.19. The summed E-state index contributed by atoms with van der Waals surface area (Å²) in [5.74, 6) is 0.733. The Balaban J connectivity index is 2.40. The van der Waals surface area contributed by atoms with E-state index in [1.807, 2.05) is 24.3 Å². The summed E-state index contributed by atoms with van der Waals surface area (Å²) in [6, 6.07) is 7.68. The van der Waals surface area contributed by atoms with Crippen LogP contribution in [-0.4, -0.2) is 16.5 Å². The minimum Gasteiger partial charge on any atom is -0.330 e. The van der Waals surface area contributed by atoms with E-state index in [0.717, 1.165) is 40.9 Å². The van der Waals surface area contributed by atoms with Gasteiger partial charge in [0.05, 0.1) is 10.8 Å². The summed E-state index contributed by atoms with van der Waals surface area (Å²) in [6.07, 6.45) is 3.07. The number of nitrogens with two attached hydrogens (primary N) is 1. The summed E-state index contributed by atoms with van der Waals surface area (Å²) in [4.78, 5) is 0.900. The van der Waals surface area contributed by atoms with Crippen molar-refractivity contribution in [3.63, 3.8) is 0 Å². The van der Waals surface area contributed by atoms with E-state index in [9.17, 15) is 4.21 Å². The average Bonchev–Trinajstić information content (AvgIpc) is 2.24. The zero-order valence-electron chi connectivity index (χ0n) is 8.62. The Hall–Kier alpha value is -0.190. The molecule has 1 atom stereocenters. The molecule has 0 spiro atoms. The van der Waals surface area contributed by atoms with Crippen molar-refractivity contribution >= 4 is 26.7 Å². The van der Waals surface area contributed by atoms with E-state index >= 15 is 0 Å². The molecule has 2 nitrogen and oxygen atoms in total. The van der Waals surface area contributed by atoms with E-state index < -0.39 is 10.8 Å². The van der Waals surface area contributed by atoms with E-state index in [2.05, 4.69) is 15.9 Å². The van der Waals surface area contributed by atoms with E-state index in [1.165, 1.54) is 0 Å². The molecule has 1 aromatic carbocycles. The summed E-state index contributed by atoms with van der Waals surface area (Å²) in [7, 11) is -0.868. The van der Waals surface area contributed by atoms with Crippen LogP contribution in [0, 0.1) is 0 Å². The van der Waals surface area contributed by atoms with Crippen LogP contribution in [0.25, 0.3) is 0 Å². The lowest BCUT2D eigenvalue weighted by atomic mass is 10.2. The zero-order chi connectivity index (χ0) is 11.1. The first kappa shape index (κ1) is 12.9. The monoisotopic (exact) mass is 289 g/mol. The van der Waals surface area contributed by atoms with Crippen LogP contribution in [0.2, 0.25) is 0 Å². The Kier molecular flexibility index (Phi) is 6.13. The second-order valence-corrected chi connectivity index (χ2v) is 5.84. The van der Waals surface area contributed by atoms with Crippen LogP contribution in [0.3, 0.4) is 0 Å². The van der Waals surface area contributed by atoms with Gasteiger partial charge >= 0.3 is 0 Å². The number of rotatable bonds is 6. The number of hydrogen-bond acceptors (Lipinski definition) is 2. The Morgan fingerprint density at radius 3 is 2.73 bits per heavy atom. The summed E-state index contributed by atoms with van der Waals surface area (Å²) < 4.78 is 12.8. The molecule has 2 N–H and O–H groups in total. The SMILES string of the molecule is NCCCCCS(=O)c1cccc(Br)c1. The molecule has 4 heteroatoms. The van der Waals surface area contributed by atoms with Gasteiger partial charge < -0.3 is 5.73 Å². The number of hydrogen-bond donors (Lipinski definition) is 1. The molecule has 0 radical (unpaired) electrons. The van der Waals surface area contributed by atoms with Gasteiger partial charge in [0.25, 0.3) is 0 Å². The highest BCUT2D eigenvalue weighted by Gasteiger charge is 2.03. The van der Waals surface area contributed by atoms with Gasteiger partial charge in [0.1, 0.15) is 0 Å². The van der Waals surface area contributed by atoms with Crippen molar-refractivity contribution in [3.05, 3.63) is 28.7 Å². The molecule has 0 bridgehead atoms. The summed E-state index contributed by atoms with van der Waals surface area (Å²) in [5.41, 5.74) is 5.39. The number of halogens is 1. The van der Waals surface area contributed by atoms with Crippen LogP contribution in [0.1, 0.15) is 19.3 Å². The van der Waals surface area contributed by atoms with E-state index in [4.69, 9.17) is 5.73 Å². The molecule has 0 aliphatic rings. The van der Waals surface area contributed by atoms with Gasteiger partial charge in [-0.25, -0.2) is 0 Å². The Bertz CT molecular complexity index is 330. The fraction of sp³-hybridized carbons (Fsp3) is 0.455. The highest BCUT2D eigenvalue weighted by Crippen LogP contribution is 2.15. The van der Waals surface area contributed by atoms with Crippen molar-refractivity contribution in [1.82, 2.24) is 0 Å². The second kappa shape index (κ2) is 7.14. The molecule has 0 aliphatic heterocycles. The van der Waals surface area contributed by atoms with Gasteiger partial charge in [-0.2, -0.15) is 0 Å². The van der Waals surface area contributed by atoms with Crippen molar-refractivity contribution in [2.45, 2.75) is 24.2 Å². The van der Waals surface area contributed by atoms with Gasteiger partial charge in [0, 0.05) is 15.1 Å². The molecule has 1 unspecified atom stereocenters. The predicted molar refractivity (Wildman–Crippen MR) is 68.3 cm³/mol. The topological polar surface area (TPSA) is 43.1 Å². The van der Waals surface area contributed by atoms with Crippen LogP contribution >= 0.6 is 15.9 Å². The van der Waals surface area contributed by atoms with Gasteiger partial charge in [-0.1, -0.05) is 28.4 Å². The summed E-state index contributed by atoms with van der Waals surface area (Å²) in [6.45, 7) is 0.726. The lowest BCUT2D eigenvalue weighted by molar-refractivity contribution is 0.673. The fourth-order valence-corrected chi connectivity index (χ4v) is 3.02. The largest absolute Gasteiger partial charge is 0.330 e. The Labute approximate surface area is 102 Å². The van der Waals surface area contributed by atoms with Crippen LogP contribution in [0.5, 0.6) is 0 Å². The average molecular weight is 290 g/mol. The zero-order valence-corrected chi connectivity index (χ0v) is 11.0. The van der Waals surface area contributed by atoms with Crippen molar-refractivity contribution in [2.75, 3.05) is 12.3 Å². The molecule has 0 heterocycles. The molecule has 1 rings (SSSR count). The van der Waals surface area contributed by atoms with Gasteiger partial charge in [-0.3, -0.25) is 4.21 Å². The molecule has 0 fully saturated rings. The molecule has 15 heavy (non-hydrogen) atoms. The van der Waals surface area contributed by atoms with Gasteiger partial charge in [-0.15, -0.1) is 0 Å². The van der Waals surface area contributed by atoms with Crippen molar-refractivity contribution in [3.8, 4) is 0 Å². The molecule has 1 aromatic rings. The third-order valence-electron chi connectivity index (χ3n) is 2.09. The van der Waals surface area contributed by atoms with Crippen molar-refractivity contribution in [1.29, 1.82) is 0 Å². The third-order valence-corrected chi connectivity index (χ3v) is 4.03. The van der Waals surface area contributed by atoms with Crippen molar-refractivity contribution in [2.24, 2.45) is 5.73 Å². The maximum absolute atomic E-state index is 11.8. The van der Waals surface area contributed by atoms with Gasteiger partial charge in [0.15, 0.2) is 0 Å². The van der Waals surface area contributed by atoms with Crippen molar-refractivity contribution < 1.29 is 4.21 Å². The lowest BCUT2D eigenvalue weighted by Gasteiger charge is -2.02. The number of unbranched alkanes of at least 4 members (excludes halogenated alkanes) is 2. The predicted octanol–water partition coefficient (Wildman–Crippen LogP) is 2.69. The van der Waals surface area contributed by atoms with Crippen LogP contribution in [0.4, 0.5) is 0 Å². The maximum atomic E-state index is 11.8. The van der Waals surface area contributed by atoms with Gasteiger partial charge in [-0.05, 0) is 37.6 Å². The van der Waals surface area contributed by atoms with E-state index in [1.54, 1.807) is 0 Å². The highest BCUT2D eigenvalue weighted by atomic mass is 79.9. The smallest absolute Gasteiger partial charge is 0.0529 e. The van der Waals surface area contributed by atoms with E-state index in [0.29, 0.717) is 0 Å². The lowest BCUT2D eigenvalue weighted by Crippen LogP contribution is -2.01. The highest BCUT2D eigenvalue weighted by molar-refractivity contribution is 9.10. The molecule has 0 aromatic heterocycles. The van der Waals surface area contributed by atoms with Crippen LogP contribution in [-0.2, 0) is 10.8 Å². The fourth-order valence-electron chi connectivity index (χ4n) is 1.28. The maximum Gasteiger partial charge on any atom is 0.0529 e. The number of benzene rings is 1. The Morgan fingerprint density at radius 2 is 2.07 bits per heavy atom. The minimum atomic E-state index is -0.868. The molecule has 0 aliphatic carbocycles. The first-order chi connectivity index (χ1) is 7.24. The second-order valence-electron chi connectivity index (χ2n) is 3.36. The molecular weight excluding hydrogens is 274 g/mol. The summed E-state index contributed by atoms with van der Waals surface area (Å²) in [5, 5.41) is 0. The molecule has 0 saturated carbocycles. The molecule has 0 saturated heterocycles. The quantitative estimate of drug-likeness (QED) is 0.819. The molecule has 84 valence electrons. The van der Waals surface area contributed by atoms with Crippen LogP contribution < -0.4 is 5.73 Å². The van der Waals surface area contributed by atoms with E-state index in [-0.39, 0.29) is 0 Å². The van der Waals surface area contributed by atoms with Crippen LogP contribution in [0.15, 0.2) is 33.6 Å². The Morgan fingerprint density at radius 1 is 1.27 bits per heavy atom. The normalized spacial score (nSPS) is 12.7. The minimum absolute atomic E-state index is 0.726. The first-order valence-electron chi connectivity index (χ1n) is 5.08. The van der Waals surface area contributed by atoms with Gasteiger partial charge in [0.2, 0.25) is 0 Å². The summed E-state index contributed by atoms with van der Waals surface area (Å²) >= 11 is 3.37. The third kappa shape index (κ3) is 4.91. The molecule has 0 amide bonds.